The quantitative estimate of drug-likeness (QED) is 0.0243. The lowest BCUT2D eigenvalue weighted by atomic mass is 10.0. The normalized spacial score (nSPS) is 14.6. The van der Waals surface area contributed by atoms with Crippen LogP contribution in [0.15, 0.2) is 60.8 Å². The van der Waals surface area contributed by atoms with E-state index in [-0.39, 0.29) is 19.1 Å². The summed E-state index contributed by atoms with van der Waals surface area (Å²) in [4.78, 5) is 23.2. The fourth-order valence-electron chi connectivity index (χ4n) is 7.28. The van der Waals surface area contributed by atoms with Crippen molar-refractivity contribution in [2.24, 2.45) is 0 Å². The Balaban J connectivity index is 4.24. The number of phosphoric acid groups is 1. The molecule has 9 heteroatoms. The van der Waals surface area contributed by atoms with Crippen molar-refractivity contribution < 1.29 is 32.9 Å². The van der Waals surface area contributed by atoms with Crippen molar-refractivity contribution in [2.75, 3.05) is 40.9 Å². The van der Waals surface area contributed by atoms with Crippen LogP contribution in [0, 0.1) is 0 Å². The maximum absolute atomic E-state index is 12.9. The zero-order valence-corrected chi connectivity index (χ0v) is 42.7. The Bertz CT molecular complexity index is 1210. The van der Waals surface area contributed by atoms with E-state index >= 15 is 0 Å². The lowest BCUT2D eigenvalue weighted by molar-refractivity contribution is -0.870. The summed E-state index contributed by atoms with van der Waals surface area (Å²) in [5.41, 5.74) is 0. The monoisotopic (exact) mass is 906 g/mol. The van der Waals surface area contributed by atoms with Crippen LogP contribution < -0.4 is 5.32 Å². The van der Waals surface area contributed by atoms with Crippen LogP contribution in [0.1, 0.15) is 226 Å². The van der Waals surface area contributed by atoms with E-state index in [9.17, 15) is 19.4 Å². The number of hydrogen-bond acceptors (Lipinski definition) is 5. The molecular formula is C54H102N2O6P+. The minimum Gasteiger partial charge on any atom is -0.387 e. The topological polar surface area (TPSA) is 105 Å². The van der Waals surface area contributed by atoms with E-state index < -0.39 is 20.0 Å². The molecule has 0 saturated carbocycles. The molecule has 0 aromatic rings. The molecule has 0 heterocycles. The molecule has 0 aliphatic rings. The van der Waals surface area contributed by atoms with Gasteiger partial charge in [0.15, 0.2) is 0 Å². The number of likely N-dealkylation sites (N-methyl/N-ethyl adjacent to an activating group) is 1. The molecule has 1 amide bonds. The van der Waals surface area contributed by atoms with Crippen molar-refractivity contribution in [3.05, 3.63) is 60.8 Å². The first-order chi connectivity index (χ1) is 30.5. The van der Waals surface area contributed by atoms with Crippen molar-refractivity contribution in [3.63, 3.8) is 0 Å². The first-order valence-electron chi connectivity index (χ1n) is 26.2. The fourth-order valence-corrected chi connectivity index (χ4v) is 8.02. The molecule has 3 N–H and O–H groups in total. The van der Waals surface area contributed by atoms with E-state index in [4.69, 9.17) is 9.05 Å². The summed E-state index contributed by atoms with van der Waals surface area (Å²) in [7, 11) is 1.54. The number of unbranched alkanes of at least 4 members (excludes halogenated alkanes) is 26. The van der Waals surface area contributed by atoms with Crippen molar-refractivity contribution in [1.29, 1.82) is 0 Å². The number of amides is 1. The zero-order chi connectivity index (χ0) is 46.4. The van der Waals surface area contributed by atoms with E-state index in [1.165, 1.54) is 154 Å². The number of nitrogens with one attached hydrogen (secondary N) is 1. The van der Waals surface area contributed by atoms with Gasteiger partial charge in [-0.25, -0.2) is 4.57 Å². The van der Waals surface area contributed by atoms with Gasteiger partial charge in [0.25, 0.3) is 0 Å². The van der Waals surface area contributed by atoms with E-state index in [0.717, 1.165) is 51.4 Å². The first kappa shape index (κ1) is 61.2. The van der Waals surface area contributed by atoms with Gasteiger partial charge in [0, 0.05) is 6.42 Å². The van der Waals surface area contributed by atoms with E-state index in [1.54, 1.807) is 6.08 Å². The predicted molar refractivity (Wildman–Crippen MR) is 272 cm³/mol. The molecule has 368 valence electrons. The second-order valence-corrected chi connectivity index (χ2v) is 20.3. The minimum atomic E-state index is -4.35. The molecule has 0 fully saturated rings. The zero-order valence-electron chi connectivity index (χ0n) is 41.8. The Kier molecular flexibility index (Phi) is 44.1. The smallest absolute Gasteiger partial charge is 0.387 e. The average Bonchev–Trinajstić information content (AvgIpc) is 3.24. The summed E-state index contributed by atoms with van der Waals surface area (Å²) in [6, 6.07) is -0.872. The highest BCUT2D eigenvalue weighted by atomic mass is 31.2. The van der Waals surface area contributed by atoms with Crippen molar-refractivity contribution in [2.45, 2.75) is 238 Å². The Morgan fingerprint density at radius 3 is 1.38 bits per heavy atom. The average molecular weight is 906 g/mol. The molecule has 8 nitrogen and oxygen atoms in total. The number of carbonyl (C=O) groups is 1. The van der Waals surface area contributed by atoms with Gasteiger partial charge in [0.05, 0.1) is 39.9 Å². The summed E-state index contributed by atoms with van der Waals surface area (Å²) in [5.74, 6) is -0.195. The van der Waals surface area contributed by atoms with Crippen LogP contribution in [0.25, 0.3) is 0 Å². The van der Waals surface area contributed by atoms with Gasteiger partial charge in [-0.2, -0.15) is 0 Å². The number of nitrogens with zero attached hydrogens (tertiary/aromatic N) is 1. The number of quaternary nitrogens is 1. The second-order valence-electron chi connectivity index (χ2n) is 18.9. The Labute approximate surface area is 390 Å². The third-order valence-corrected chi connectivity index (χ3v) is 12.4. The number of rotatable bonds is 47. The summed E-state index contributed by atoms with van der Waals surface area (Å²) in [6.45, 7) is 4.76. The van der Waals surface area contributed by atoms with E-state index in [2.05, 4.69) is 67.8 Å². The Hall–Kier alpha value is -1.80. The van der Waals surface area contributed by atoms with Crippen LogP contribution >= 0.6 is 7.82 Å². The molecule has 0 saturated heterocycles. The summed E-state index contributed by atoms with van der Waals surface area (Å²) < 4.78 is 23.6. The summed E-state index contributed by atoms with van der Waals surface area (Å²) in [5, 5.41) is 13.8. The van der Waals surface area contributed by atoms with Gasteiger partial charge in [-0.15, -0.1) is 0 Å². The van der Waals surface area contributed by atoms with E-state index in [1.807, 2.05) is 27.2 Å². The largest absolute Gasteiger partial charge is 0.472 e. The predicted octanol–water partition coefficient (Wildman–Crippen LogP) is 15.4. The molecule has 0 aliphatic carbocycles. The molecule has 0 rings (SSSR count). The second kappa shape index (κ2) is 45.4. The summed E-state index contributed by atoms with van der Waals surface area (Å²) >= 11 is 0. The van der Waals surface area contributed by atoms with Gasteiger partial charge in [-0.05, 0) is 77.0 Å². The molecule has 0 spiro atoms. The van der Waals surface area contributed by atoms with Gasteiger partial charge in [-0.1, -0.05) is 203 Å². The van der Waals surface area contributed by atoms with Crippen LogP contribution in [0.4, 0.5) is 0 Å². The van der Waals surface area contributed by atoms with Crippen LogP contribution in [-0.2, 0) is 18.4 Å². The maximum atomic E-state index is 12.9. The highest BCUT2D eigenvalue weighted by Gasteiger charge is 2.27. The fraction of sp³-hybridized carbons (Fsp3) is 0.796. The van der Waals surface area contributed by atoms with Gasteiger partial charge in [-0.3, -0.25) is 13.8 Å². The van der Waals surface area contributed by atoms with Crippen molar-refractivity contribution >= 4 is 13.7 Å². The van der Waals surface area contributed by atoms with Gasteiger partial charge in [0.1, 0.15) is 13.2 Å². The SMILES string of the molecule is CCCCCC/C=C/CC/C=C/CC/C=C/C(O)C(COP(=O)(O)OCC[N+](C)(C)C)NC(=O)CCCCCCCCCCCCC/C=C\C/C=C\CCCCCCCCCCC. The van der Waals surface area contributed by atoms with Crippen molar-refractivity contribution in [3.8, 4) is 0 Å². The van der Waals surface area contributed by atoms with Crippen LogP contribution in [0.5, 0.6) is 0 Å². The van der Waals surface area contributed by atoms with Crippen LogP contribution in [0.3, 0.4) is 0 Å². The molecule has 0 bridgehead atoms. The molecule has 63 heavy (non-hydrogen) atoms. The Morgan fingerprint density at radius 2 is 0.921 bits per heavy atom. The number of aliphatic hydroxyl groups excluding tert-OH is 1. The van der Waals surface area contributed by atoms with Crippen LogP contribution in [0.2, 0.25) is 0 Å². The number of phosphoric ester groups is 1. The highest BCUT2D eigenvalue weighted by Crippen LogP contribution is 2.43. The number of hydrogen-bond donors (Lipinski definition) is 3. The first-order valence-corrected chi connectivity index (χ1v) is 27.7. The molecule has 0 aromatic carbocycles. The minimum absolute atomic E-state index is 0.0513. The van der Waals surface area contributed by atoms with Crippen molar-refractivity contribution in [1.82, 2.24) is 5.32 Å². The Morgan fingerprint density at radius 1 is 0.540 bits per heavy atom. The molecule has 0 aliphatic heterocycles. The maximum Gasteiger partial charge on any atom is 0.472 e. The lowest BCUT2D eigenvalue weighted by Gasteiger charge is -2.25. The molecule has 0 aromatic heterocycles. The highest BCUT2D eigenvalue weighted by molar-refractivity contribution is 7.47. The van der Waals surface area contributed by atoms with Gasteiger partial charge < -0.3 is 19.8 Å². The molecular weight excluding hydrogens is 804 g/mol. The number of carbonyl (C=O) groups excluding carboxylic acids is 1. The number of aliphatic hydroxyl groups is 1. The molecule has 0 radical (unpaired) electrons. The van der Waals surface area contributed by atoms with E-state index in [0.29, 0.717) is 17.4 Å². The van der Waals surface area contributed by atoms with Crippen LogP contribution in [-0.4, -0.2) is 73.4 Å². The molecule has 3 atom stereocenters. The molecule has 3 unspecified atom stereocenters. The van der Waals surface area contributed by atoms with Gasteiger partial charge in [0.2, 0.25) is 5.91 Å². The standard InChI is InChI=1S/C54H101N2O6P/c1-6-8-10-12-14-16-18-20-22-23-24-25-26-27-28-29-30-31-32-33-34-36-38-40-42-44-46-48-54(58)55-52(51-62-63(59,60)61-50-49-56(3,4)5)53(57)47-45-43-41-39-37-35-21-19-17-15-13-11-9-7-2/h17,19,24-25,27-28,37,39,45,47,52-53,57H,6-16,18,20-23,26,29-36,38,40-44,46,48-51H2,1-5H3,(H-,55,58,59,60)/p+1/b19-17+,25-24-,28-27-,39-37+,47-45+. The lowest BCUT2D eigenvalue weighted by Crippen LogP contribution is -2.45. The third-order valence-electron chi connectivity index (χ3n) is 11.4. The number of allylic oxidation sites excluding steroid dienone is 9. The summed E-state index contributed by atoms with van der Waals surface area (Å²) in [6.07, 6.45) is 60.3. The third kappa shape index (κ3) is 48.0. The van der Waals surface area contributed by atoms with Gasteiger partial charge >= 0.3 is 7.82 Å².